The Balaban J connectivity index is 0.00000264. The van der Waals surface area contributed by atoms with Crippen molar-refractivity contribution in [3.05, 3.63) is 30.1 Å². The molecule has 1 atom stereocenters. The number of nitrogens with zero attached hydrogens (tertiary/aromatic N) is 1. The van der Waals surface area contributed by atoms with Crippen LogP contribution < -0.4 is 10.1 Å². The average molecular weight is 345 g/mol. The standard InChI is InChI=1S/C17H25FN2O2.ClH/c1-19-12-14-4-2-10-20(13-14)17(21)5-3-11-22-16-8-6-15(18)7-9-16;/h6-9,14,19H,2-5,10-13H2,1H3;1H. The molecule has 0 bridgehead atoms. The Labute approximate surface area is 143 Å². The van der Waals surface area contributed by atoms with Crippen molar-refractivity contribution in [1.82, 2.24) is 10.2 Å². The second-order valence-corrected chi connectivity index (χ2v) is 5.81. The van der Waals surface area contributed by atoms with Gasteiger partial charge in [-0.1, -0.05) is 0 Å². The number of rotatable bonds is 7. The van der Waals surface area contributed by atoms with Gasteiger partial charge in [-0.25, -0.2) is 4.39 Å². The van der Waals surface area contributed by atoms with Crippen molar-refractivity contribution in [2.45, 2.75) is 25.7 Å². The van der Waals surface area contributed by atoms with E-state index in [9.17, 15) is 9.18 Å². The summed E-state index contributed by atoms with van der Waals surface area (Å²) in [5, 5.41) is 3.19. The van der Waals surface area contributed by atoms with E-state index in [1.54, 1.807) is 12.1 Å². The summed E-state index contributed by atoms with van der Waals surface area (Å²) in [6.07, 6.45) is 3.47. The number of benzene rings is 1. The zero-order valence-corrected chi connectivity index (χ0v) is 14.4. The van der Waals surface area contributed by atoms with Gasteiger partial charge in [0.25, 0.3) is 0 Å². The highest BCUT2D eigenvalue weighted by atomic mass is 35.5. The summed E-state index contributed by atoms with van der Waals surface area (Å²) in [4.78, 5) is 14.2. The van der Waals surface area contributed by atoms with Gasteiger partial charge in [0.1, 0.15) is 11.6 Å². The van der Waals surface area contributed by atoms with Gasteiger partial charge in [0.05, 0.1) is 6.61 Å². The number of nitrogens with one attached hydrogen (secondary N) is 1. The van der Waals surface area contributed by atoms with Crippen molar-refractivity contribution in [3.63, 3.8) is 0 Å². The molecule has 0 spiro atoms. The normalized spacial score (nSPS) is 17.5. The number of halogens is 2. The molecule has 0 saturated carbocycles. The molecule has 23 heavy (non-hydrogen) atoms. The molecule has 130 valence electrons. The van der Waals surface area contributed by atoms with E-state index in [2.05, 4.69) is 5.32 Å². The Morgan fingerprint density at radius 1 is 1.39 bits per heavy atom. The van der Waals surface area contributed by atoms with Gasteiger partial charge in [0.2, 0.25) is 5.91 Å². The topological polar surface area (TPSA) is 41.6 Å². The molecule has 0 radical (unpaired) electrons. The Morgan fingerprint density at radius 3 is 2.83 bits per heavy atom. The maximum Gasteiger partial charge on any atom is 0.222 e. The fraction of sp³-hybridized carbons (Fsp3) is 0.588. The van der Waals surface area contributed by atoms with E-state index in [-0.39, 0.29) is 24.1 Å². The number of amides is 1. The monoisotopic (exact) mass is 344 g/mol. The van der Waals surface area contributed by atoms with Crippen LogP contribution >= 0.6 is 12.4 Å². The third-order valence-corrected chi connectivity index (χ3v) is 3.98. The maximum atomic E-state index is 12.8. The van der Waals surface area contributed by atoms with Gasteiger partial charge >= 0.3 is 0 Å². The summed E-state index contributed by atoms with van der Waals surface area (Å²) in [5.41, 5.74) is 0. The lowest BCUT2D eigenvalue weighted by Gasteiger charge is -2.32. The minimum absolute atomic E-state index is 0. The first-order valence-corrected chi connectivity index (χ1v) is 8.00. The van der Waals surface area contributed by atoms with Gasteiger partial charge in [0.15, 0.2) is 0 Å². The summed E-state index contributed by atoms with van der Waals surface area (Å²) in [6.45, 7) is 3.18. The van der Waals surface area contributed by atoms with E-state index in [0.29, 0.717) is 31.1 Å². The molecule has 1 aliphatic heterocycles. The third-order valence-electron chi connectivity index (χ3n) is 3.98. The SMILES string of the molecule is CNCC1CCCN(C(=O)CCCOc2ccc(F)cc2)C1.Cl. The summed E-state index contributed by atoms with van der Waals surface area (Å²) < 4.78 is 18.3. The van der Waals surface area contributed by atoms with Crippen LogP contribution in [0.3, 0.4) is 0 Å². The first-order chi connectivity index (χ1) is 10.7. The van der Waals surface area contributed by atoms with Crippen LogP contribution in [0.4, 0.5) is 4.39 Å². The lowest BCUT2D eigenvalue weighted by atomic mass is 9.97. The van der Waals surface area contributed by atoms with Crippen LogP contribution in [0.2, 0.25) is 0 Å². The first kappa shape index (κ1) is 19.7. The average Bonchev–Trinajstić information content (AvgIpc) is 2.53. The second-order valence-electron chi connectivity index (χ2n) is 5.81. The predicted octanol–water partition coefficient (Wildman–Crippen LogP) is 2.86. The third kappa shape index (κ3) is 6.75. The number of ether oxygens (including phenoxy) is 1. The Kier molecular flexibility index (Phi) is 8.95. The van der Waals surface area contributed by atoms with Crippen LogP contribution in [0.1, 0.15) is 25.7 Å². The maximum absolute atomic E-state index is 12.8. The van der Waals surface area contributed by atoms with Gasteiger partial charge in [0, 0.05) is 19.5 Å². The smallest absolute Gasteiger partial charge is 0.222 e. The van der Waals surface area contributed by atoms with E-state index in [0.717, 1.165) is 26.1 Å². The van der Waals surface area contributed by atoms with Crippen molar-refractivity contribution in [1.29, 1.82) is 0 Å². The first-order valence-electron chi connectivity index (χ1n) is 8.00. The molecule has 1 unspecified atom stereocenters. The number of piperidine rings is 1. The van der Waals surface area contributed by atoms with Crippen molar-refractivity contribution in [2.75, 3.05) is 33.3 Å². The lowest BCUT2D eigenvalue weighted by Crippen LogP contribution is -2.42. The molecule has 1 aliphatic rings. The Bertz CT molecular complexity index is 468. The number of likely N-dealkylation sites (tertiary alicyclic amines) is 1. The molecule has 6 heteroatoms. The molecule has 1 fully saturated rings. The van der Waals surface area contributed by atoms with E-state index < -0.39 is 0 Å². The fourth-order valence-electron chi connectivity index (χ4n) is 2.85. The van der Waals surface area contributed by atoms with Crippen LogP contribution in [0.15, 0.2) is 24.3 Å². The highest BCUT2D eigenvalue weighted by Crippen LogP contribution is 2.17. The molecule has 1 aromatic carbocycles. The van der Waals surface area contributed by atoms with Crippen molar-refractivity contribution in [2.24, 2.45) is 5.92 Å². The molecular formula is C17H26ClFN2O2. The van der Waals surface area contributed by atoms with Crippen molar-refractivity contribution < 1.29 is 13.9 Å². The number of hydrogen-bond acceptors (Lipinski definition) is 3. The van der Waals surface area contributed by atoms with Gasteiger partial charge in [-0.3, -0.25) is 4.79 Å². The van der Waals surface area contributed by atoms with Crippen LogP contribution in [-0.2, 0) is 4.79 Å². The number of hydrogen-bond donors (Lipinski definition) is 1. The van der Waals surface area contributed by atoms with E-state index >= 15 is 0 Å². The zero-order valence-electron chi connectivity index (χ0n) is 13.6. The molecule has 1 heterocycles. The summed E-state index contributed by atoms with van der Waals surface area (Å²) in [7, 11) is 1.95. The quantitative estimate of drug-likeness (QED) is 0.773. The van der Waals surface area contributed by atoms with Crippen molar-refractivity contribution in [3.8, 4) is 5.75 Å². The van der Waals surface area contributed by atoms with E-state index in [1.165, 1.54) is 18.6 Å². The minimum Gasteiger partial charge on any atom is -0.494 e. The number of carbonyl (C=O) groups is 1. The highest BCUT2D eigenvalue weighted by molar-refractivity contribution is 5.85. The summed E-state index contributed by atoms with van der Waals surface area (Å²) >= 11 is 0. The molecule has 1 N–H and O–H groups in total. The zero-order chi connectivity index (χ0) is 15.8. The predicted molar refractivity (Wildman–Crippen MR) is 91.6 cm³/mol. The van der Waals surface area contributed by atoms with Crippen LogP contribution in [0.25, 0.3) is 0 Å². The van der Waals surface area contributed by atoms with E-state index in [4.69, 9.17) is 4.74 Å². The Hall–Kier alpha value is -1.33. The van der Waals surface area contributed by atoms with Crippen molar-refractivity contribution >= 4 is 18.3 Å². The summed E-state index contributed by atoms with van der Waals surface area (Å²) in [6, 6.07) is 5.94. The van der Waals surface area contributed by atoms with Crippen LogP contribution in [0, 0.1) is 11.7 Å². The molecule has 0 aliphatic carbocycles. The Morgan fingerprint density at radius 2 is 2.13 bits per heavy atom. The highest BCUT2D eigenvalue weighted by Gasteiger charge is 2.22. The second kappa shape index (κ2) is 10.4. The molecule has 1 saturated heterocycles. The van der Waals surface area contributed by atoms with Gasteiger partial charge < -0.3 is 15.0 Å². The van der Waals surface area contributed by atoms with Gasteiger partial charge in [-0.2, -0.15) is 0 Å². The lowest BCUT2D eigenvalue weighted by molar-refractivity contribution is -0.133. The molecule has 1 aromatic rings. The minimum atomic E-state index is -0.274. The molecular weight excluding hydrogens is 319 g/mol. The largest absolute Gasteiger partial charge is 0.494 e. The molecule has 2 rings (SSSR count). The summed E-state index contributed by atoms with van der Waals surface area (Å²) in [5.74, 6) is 1.14. The van der Waals surface area contributed by atoms with Gasteiger partial charge in [-0.05, 0) is 63.0 Å². The van der Waals surface area contributed by atoms with Crippen LogP contribution in [-0.4, -0.2) is 44.1 Å². The van der Waals surface area contributed by atoms with E-state index in [1.807, 2.05) is 11.9 Å². The fourth-order valence-corrected chi connectivity index (χ4v) is 2.85. The molecule has 0 aromatic heterocycles. The van der Waals surface area contributed by atoms with Gasteiger partial charge in [-0.15, -0.1) is 12.4 Å². The molecule has 1 amide bonds. The van der Waals surface area contributed by atoms with Crippen LogP contribution in [0.5, 0.6) is 5.75 Å². The molecule has 4 nitrogen and oxygen atoms in total. The number of carbonyl (C=O) groups excluding carboxylic acids is 1.